The molecule has 1 saturated heterocycles. The Morgan fingerprint density at radius 3 is 2.57 bits per heavy atom. The molecule has 1 rings (SSSR count). The van der Waals surface area contributed by atoms with Gasteiger partial charge < -0.3 is 9.47 Å². The van der Waals surface area contributed by atoms with Gasteiger partial charge in [0.2, 0.25) is 0 Å². The normalized spacial score (nSPS) is 19.9. The van der Waals surface area contributed by atoms with E-state index >= 15 is 0 Å². The molecule has 0 atom stereocenters. The molecule has 0 amide bonds. The van der Waals surface area contributed by atoms with Gasteiger partial charge in [0.05, 0.1) is 13.2 Å². The average molecular weight is 98.1 g/mol. The van der Waals surface area contributed by atoms with E-state index in [1.807, 2.05) is 0 Å². The molecule has 1 heterocycles. The minimum Gasteiger partial charge on any atom is -0.439 e. The van der Waals surface area contributed by atoms with E-state index in [1.54, 1.807) is 0 Å². The van der Waals surface area contributed by atoms with E-state index in [-0.39, 0.29) is 6.10 Å². The summed E-state index contributed by atoms with van der Waals surface area (Å²) in [5.74, 6) is 0. The Kier molecular flexibility index (Phi) is 1.19. The zero-order valence-electron chi connectivity index (χ0n) is 3.89. The molecule has 1 aliphatic heterocycles. The number of terminal acetylenes is 1. The maximum Gasteiger partial charge on any atom is 0.157 e. The van der Waals surface area contributed by atoms with Crippen LogP contribution in [0.2, 0.25) is 0 Å². The highest BCUT2D eigenvalue weighted by molar-refractivity contribution is 4.75. The highest BCUT2D eigenvalue weighted by atomic mass is 16.6. The van der Waals surface area contributed by atoms with Gasteiger partial charge >= 0.3 is 0 Å². The summed E-state index contributed by atoms with van der Waals surface area (Å²) in [6.07, 6.45) is 7.07. The molecule has 1 aliphatic rings. The third kappa shape index (κ3) is 0.847. The van der Waals surface area contributed by atoms with Crippen LogP contribution in [0.1, 0.15) is 0 Å². The number of rotatable bonds is 1. The fourth-order valence-electron chi connectivity index (χ4n) is 0.378. The summed E-state index contributed by atoms with van der Waals surface area (Å²) in [6, 6.07) is 0. The van der Waals surface area contributed by atoms with Gasteiger partial charge in [0.25, 0.3) is 0 Å². The maximum atomic E-state index is 4.81. The molecule has 2 nitrogen and oxygen atoms in total. The Morgan fingerprint density at radius 2 is 2.43 bits per heavy atom. The third-order valence-corrected chi connectivity index (χ3v) is 0.842. The van der Waals surface area contributed by atoms with Gasteiger partial charge in [-0.05, 0) is 0 Å². The van der Waals surface area contributed by atoms with Crippen LogP contribution in [-0.4, -0.2) is 19.3 Å². The molecule has 0 unspecified atom stereocenters. The molecule has 0 aliphatic carbocycles. The standard InChI is InChI=1S/C5H6O2/c1-2-7-5-3-6-4-5/h1,5H,3-4H2. The van der Waals surface area contributed by atoms with E-state index in [9.17, 15) is 0 Å². The van der Waals surface area contributed by atoms with Gasteiger partial charge in [-0.15, -0.1) is 0 Å². The van der Waals surface area contributed by atoms with Crippen molar-refractivity contribution in [1.82, 2.24) is 0 Å². The van der Waals surface area contributed by atoms with Gasteiger partial charge in [0, 0.05) is 0 Å². The first kappa shape index (κ1) is 4.48. The topological polar surface area (TPSA) is 18.5 Å². The van der Waals surface area contributed by atoms with E-state index in [1.165, 1.54) is 0 Å². The van der Waals surface area contributed by atoms with E-state index in [0.717, 1.165) is 0 Å². The smallest absolute Gasteiger partial charge is 0.157 e. The quantitative estimate of drug-likeness (QED) is 0.429. The number of hydrogen-bond donors (Lipinski definition) is 0. The summed E-state index contributed by atoms with van der Waals surface area (Å²) < 4.78 is 9.45. The Morgan fingerprint density at radius 1 is 1.71 bits per heavy atom. The van der Waals surface area contributed by atoms with E-state index in [2.05, 4.69) is 10.8 Å². The summed E-state index contributed by atoms with van der Waals surface area (Å²) in [5, 5.41) is 0. The fraction of sp³-hybridized carbons (Fsp3) is 0.600. The molecule has 2 heteroatoms. The second-order valence-corrected chi connectivity index (χ2v) is 1.40. The van der Waals surface area contributed by atoms with Crippen molar-refractivity contribution in [3.8, 4) is 12.5 Å². The third-order valence-electron chi connectivity index (χ3n) is 0.842. The van der Waals surface area contributed by atoms with Crippen LogP contribution < -0.4 is 0 Å². The van der Waals surface area contributed by atoms with Crippen LogP contribution in [0.15, 0.2) is 0 Å². The van der Waals surface area contributed by atoms with Gasteiger partial charge in [-0.25, -0.2) is 0 Å². The Balaban J connectivity index is 2.06. The molecule has 0 bridgehead atoms. The number of hydrogen-bond acceptors (Lipinski definition) is 2. The fourth-order valence-corrected chi connectivity index (χ4v) is 0.378. The van der Waals surface area contributed by atoms with Crippen LogP contribution in [0, 0.1) is 12.5 Å². The average Bonchev–Trinajstić information content (AvgIpc) is 1.55. The molecule has 1 fully saturated rings. The van der Waals surface area contributed by atoms with Gasteiger partial charge in [-0.2, -0.15) is 0 Å². The highest BCUT2D eigenvalue weighted by Crippen LogP contribution is 2.02. The highest BCUT2D eigenvalue weighted by Gasteiger charge is 2.18. The van der Waals surface area contributed by atoms with Gasteiger partial charge in [-0.3, -0.25) is 0 Å². The van der Waals surface area contributed by atoms with E-state index in [4.69, 9.17) is 11.2 Å². The lowest BCUT2D eigenvalue weighted by Gasteiger charge is -2.22. The number of ether oxygens (including phenoxy) is 2. The Bertz CT molecular complexity index is 88.7. The molecule has 7 heavy (non-hydrogen) atoms. The molecule has 0 saturated carbocycles. The van der Waals surface area contributed by atoms with E-state index in [0.29, 0.717) is 13.2 Å². The van der Waals surface area contributed by atoms with Crippen molar-refractivity contribution in [2.45, 2.75) is 6.10 Å². The predicted molar refractivity (Wildman–Crippen MR) is 24.5 cm³/mol. The van der Waals surface area contributed by atoms with Crippen LogP contribution in [0.5, 0.6) is 0 Å². The van der Waals surface area contributed by atoms with Crippen LogP contribution in [0.4, 0.5) is 0 Å². The first-order chi connectivity index (χ1) is 3.43. The predicted octanol–water partition coefficient (Wildman–Crippen LogP) is -0.00750. The second-order valence-electron chi connectivity index (χ2n) is 1.40. The molecule has 38 valence electrons. The summed E-state index contributed by atoms with van der Waals surface area (Å²) in [5.41, 5.74) is 0. The zero-order chi connectivity index (χ0) is 5.11. The molecule has 0 radical (unpaired) electrons. The van der Waals surface area contributed by atoms with E-state index < -0.39 is 0 Å². The summed E-state index contributed by atoms with van der Waals surface area (Å²) >= 11 is 0. The molecule has 0 N–H and O–H groups in total. The van der Waals surface area contributed by atoms with Gasteiger partial charge in [-0.1, -0.05) is 6.42 Å². The van der Waals surface area contributed by atoms with Crippen LogP contribution in [0.25, 0.3) is 0 Å². The maximum absolute atomic E-state index is 4.81. The molecular formula is C5H6O2. The first-order valence-electron chi connectivity index (χ1n) is 2.12. The van der Waals surface area contributed by atoms with Crippen LogP contribution in [0.3, 0.4) is 0 Å². The Labute approximate surface area is 42.4 Å². The van der Waals surface area contributed by atoms with Crippen molar-refractivity contribution in [1.29, 1.82) is 0 Å². The van der Waals surface area contributed by atoms with Gasteiger partial charge in [0.15, 0.2) is 6.10 Å². The molecule has 0 aromatic rings. The second kappa shape index (κ2) is 1.85. The molecule has 0 aromatic carbocycles. The largest absolute Gasteiger partial charge is 0.439 e. The lowest BCUT2D eigenvalue weighted by molar-refractivity contribution is -0.0926. The summed E-state index contributed by atoms with van der Waals surface area (Å²) in [4.78, 5) is 0. The Hall–Kier alpha value is -0.680. The summed E-state index contributed by atoms with van der Waals surface area (Å²) in [7, 11) is 0. The molecule has 0 aromatic heterocycles. The SMILES string of the molecule is C#COC1COC1. The van der Waals surface area contributed by atoms with Crippen molar-refractivity contribution >= 4 is 0 Å². The van der Waals surface area contributed by atoms with Crippen molar-refractivity contribution < 1.29 is 9.47 Å². The lowest BCUT2D eigenvalue weighted by Crippen LogP contribution is -2.34. The molecular weight excluding hydrogens is 92.1 g/mol. The first-order valence-corrected chi connectivity index (χ1v) is 2.12. The minimum absolute atomic E-state index is 0.171. The molecule has 0 spiro atoms. The van der Waals surface area contributed by atoms with Crippen molar-refractivity contribution in [3.63, 3.8) is 0 Å². The van der Waals surface area contributed by atoms with Crippen molar-refractivity contribution in [2.75, 3.05) is 13.2 Å². The van der Waals surface area contributed by atoms with Gasteiger partial charge in [0.1, 0.15) is 6.11 Å². The van der Waals surface area contributed by atoms with Crippen LogP contribution >= 0.6 is 0 Å². The van der Waals surface area contributed by atoms with Crippen molar-refractivity contribution in [3.05, 3.63) is 0 Å². The lowest BCUT2D eigenvalue weighted by atomic mass is 10.3. The van der Waals surface area contributed by atoms with Crippen molar-refractivity contribution in [2.24, 2.45) is 0 Å². The summed E-state index contributed by atoms with van der Waals surface area (Å²) in [6.45, 7) is 1.31. The zero-order valence-corrected chi connectivity index (χ0v) is 3.89. The minimum atomic E-state index is 0.171. The monoisotopic (exact) mass is 98.0 g/mol. The van der Waals surface area contributed by atoms with Crippen LogP contribution in [-0.2, 0) is 9.47 Å².